The number of benzene rings is 2. The van der Waals surface area contributed by atoms with Crippen molar-refractivity contribution in [2.24, 2.45) is 5.92 Å². The minimum absolute atomic E-state index is 0.0782. The average Bonchev–Trinajstić information content (AvgIpc) is 2.69. The van der Waals surface area contributed by atoms with Gasteiger partial charge in [0.25, 0.3) is 0 Å². The van der Waals surface area contributed by atoms with E-state index in [1.807, 2.05) is 60.9 Å². The maximum atomic E-state index is 12.7. The summed E-state index contributed by atoms with van der Waals surface area (Å²) in [5.41, 5.74) is 1.86. The van der Waals surface area contributed by atoms with E-state index >= 15 is 0 Å². The molecule has 0 saturated carbocycles. The van der Waals surface area contributed by atoms with E-state index in [2.05, 4.69) is 5.32 Å². The van der Waals surface area contributed by atoms with E-state index in [0.717, 1.165) is 29.0 Å². The van der Waals surface area contributed by atoms with Gasteiger partial charge in [0.15, 0.2) is 0 Å². The number of nitrogens with zero attached hydrogens (tertiary/aromatic N) is 1. The molecule has 0 aliphatic carbocycles. The molecule has 2 aromatic carbocycles. The Kier molecular flexibility index (Phi) is 6.34. The third-order valence-corrected chi connectivity index (χ3v) is 5.53. The van der Waals surface area contributed by atoms with Gasteiger partial charge in [0, 0.05) is 30.3 Å². The molecule has 1 fully saturated rings. The van der Waals surface area contributed by atoms with Crippen LogP contribution in [0.2, 0.25) is 0 Å². The number of Topliss-reactive ketones (excluding diaryl/α,β-unsaturated/α-hetero) is 1. The van der Waals surface area contributed by atoms with Gasteiger partial charge < -0.3 is 10.2 Å². The third kappa shape index (κ3) is 4.67. The molecule has 1 aliphatic rings. The van der Waals surface area contributed by atoms with E-state index < -0.39 is 0 Å². The monoisotopic (exact) mass is 368 g/mol. The predicted octanol–water partition coefficient (Wildman–Crippen LogP) is 4.46. The number of piperidine rings is 1. The fourth-order valence-corrected chi connectivity index (χ4v) is 3.86. The zero-order valence-electron chi connectivity index (χ0n) is 15.0. The molecule has 1 saturated heterocycles. The number of likely N-dealkylation sites (tertiary alicyclic amines) is 1. The van der Waals surface area contributed by atoms with E-state index in [1.165, 1.54) is 0 Å². The van der Waals surface area contributed by atoms with Gasteiger partial charge in [-0.05, 0) is 36.8 Å². The summed E-state index contributed by atoms with van der Waals surface area (Å²) >= 11 is 1.60. The Bertz CT molecular complexity index is 764. The lowest BCUT2D eigenvalue weighted by Crippen LogP contribution is -2.44. The van der Waals surface area contributed by atoms with Gasteiger partial charge in [-0.15, -0.1) is 11.8 Å². The number of hydrogen-bond donors (Lipinski definition) is 1. The molecule has 3 rings (SSSR count). The summed E-state index contributed by atoms with van der Waals surface area (Å²) in [7, 11) is 0. The lowest BCUT2D eigenvalue weighted by atomic mass is 9.90. The molecule has 1 atom stereocenters. The fraction of sp³-hybridized carbons (Fsp3) is 0.333. The predicted molar refractivity (Wildman–Crippen MR) is 107 cm³/mol. The number of anilines is 1. The molecule has 136 valence electrons. The van der Waals surface area contributed by atoms with Gasteiger partial charge in [-0.2, -0.15) is 0 Å². The molecule has 0 spiro atoms. The Balaban J connectivity index is 1.60. The van der Waals surface area contributed by atoms with Crippen LogP contribution in [0.3, 0.4) is 0 Å². The van der Waals surface area contributed by atoms with Crippen LogP contribution in [0.15, 0.2) is 59.5 Å². The van der Waals surface area contributed by atoms with Crippen molar-refractivity contribution in [3.8, 4) is 0 Å². The summed E-state index contributed by atoms with van der Waals surface area (Å²) in [6.45, 7) is 1.20. The van der Waals surface area contributed by atoms with Gasteiger partial charge in [0.1, 0.15) is 5.78 Å². The molecule has 26 heavy (non-hydrogen) atoms. The number of urea groups is 1. The summed E-state index contributed by atoms with van der Waals surface area (Å²) in [6.07, 6.45) is 4.15. The van der Waals surface area contributed by atoms with Crippen molar-refractivity contribution in [1.82, 2.24) is 4.90 Å². The van der Waals surface area contributed by atoms with Gasteiger partial charge in [-0.1, -0.05) is 42.5 Å². The van der Waals surface area contributed by atoms with E-state index in [9.17, 15) is 9.59 Å². The number of amides is 2. The first kappa shape index (κ1) is 18.5. The largest absolute Gasteiger partial charge is 0.324 e. The van der Waals surface area contributed by atoms with Crippen LogP contribution in [-0.4, -0.2) is 36.1 Å². The first-order valence-electron chi connectivity index (χ1n) is 8.93. The van der Waals surface area contributed by atoms with Gasteiger partial charge >= 0.3 is 6.03 Å². The number of rotatable bonds is 5. The summed E-state index contributed by atoms with van der Waals surface area (Å²) in [6, 6.07) is 17.5. The van der Waals surface area contributed by atoms with E-state index in [-0.39, 0.29) is 17.7 Å². The molecule has 0 unspecified atom stereocenters. The second kappa shape index (κ2) is 8.90. The van der Waals surface area contributed by atoms with Crippen molar-refractivity contribution in [2.45, 2.75) is 24.2 Å². The topological polar surface area (TPSA) is 49.4 Å². The number of carbonyl (C=O) groups is 2. The lowest BCUT2D eigenvalue weighted by molar-refractivity contribution is -0.123. The molecule has 0 aromatic heterocycles. The standard InChI is InChI=1S/C21H24N2O2S/c1-26-20-12-6-5-11-18(20)22-21(25)23-13-7-10-17(15-23)19(24)14-16-8-3-2-4-9-16/h2-6,8-9,11-12,17H,7,10,13-15H2,1H3,(H,22,25)/t17-/m0/s1. The lowest BCUT2D eigenvalue weighted by Gasteiger charge is -2.32. The van der Waals surface area contributed by atoms with Gasteiger partial charge in [-0.25, -0.2) is 4.79 Å². The van der Waals surface area contributed by atoms with E-state index in [1.54, 1.807) is 16.7 Å². The summed E-state index contributed by atoms with van der Waals surface area (Å²) in [4.78, 5) is 28.1. The average molecular weight is 369 g/mol. The van der Waals surface area contributed by atoms with Crippen molar-refractivity contribution in [1.29, 1.82) is 0 Å². The zero-order valence-corrected chi connectivity index (χ0v) is 15.8. The van der Waals surface area contributed by atoms with Crippen molar-refractivity contribution in [3.63, 3.8) is 0 Å². The highest BCUT2D eigenvalue weighted by Crippen LogP contribution is 2.26. The summed E-state index contributed by atoms with van der Waals surface area (Å²) in [5, 5.41) is 3.00. The number of carbonyl (C=O) groups excluding carboxylic acids is 2. The van der Waals surface area contributed by atoms with Crippen LogP contribution in [0.1, 0.15) is 18.4 Å². The van der Waals surface area contributed by atoms with E-state index in [4.69, 9.17) is 0 Å². The number of hydrogen-bond acceptors (Lipinski definition) is 3. The Morgan fingerprint density at radius 3 is 2.62 bits per heavy atom. The summed E-state index contributed by atoms with van der Waals surface area (Å²) < 4.78 is 0. The highest BCUT2D eigenvalue weighted by molar-refractivity contribution is 7.98. The van der Waals surface area contributed by atoms with Crippen molar-refractivity contribution < 1.29 is 9.59 Å². The first-order valence-corrected chi connectivity index (χ1v) is 10.2. The number of para-hydroxylation sites is 1. The fourth-order valence-electron chi connectivity index (χ4n) is 3.31. The molecule has 2 amide bonds. The molecule has 1 N–H and O–H groups in total. The smallest absolute Gasteiger partial charge is 0.321 e. The van der Waals surface area contributed by atoms with Crippen LogP contribution in [0.4, 0.5) is 10.5 Å². The van der Waals surface area contributed by atoms with Crippen molar-refractivity contribution in [3.05, 3.63) is 60.2 Å². The Hall–Kier alpha value is -2.27. The van der Waals surface area contributed by atoms with E-state index in [0.29, 0.717) is 19.5 Å². The number of thioether (sulfide) groups is 1. The van der Waals surface area contributed by atoms with Crippen LogP contribution in [0.5, 0.6) is 0 Å². The molecule has 0 bridgehead atoms. The van der Waals surface area contributed by atoms with Crippen LogP contribution < -0.4 is 5.32 Å². The third-order valence-electron chi connectivity index (χ3n) is 4.73. The summed E-state index contributed by atoms with van der Waals surface area (Å²) in [5.74, 6) is 0.142. The number of ketones is 1. The second-order valence-electron chi connectivity index (χ2n) is 6.54. The van der Waals surface area contributed by atoms with Crippen LogP contribution in [0, 0.1) is 5.92 Å². The molecule has 2 aromatic rings. The van der Waals surface area contributed by atoms with Crippen molar-refractivity contribution >= 4 is 29.3 Å². The maximum Gasteiger partial charge on any atom is 0.321 e. The Labute approximate surface area is 159 Å². The minimum atomic E-state index is -0.122. The van der Waals surface area contributed by atoms with Gasteiger partial charge in [0.05, 0.1) is 5.69 Å². The maximum absolute atomic E-state index is 12.7. The van der Waals surface area contributed by atoms with Gasteiger partial charge in [0.2, 0.25) is 0 Å². The molecular formula is C21H24N2O2S. The molecule has 1 aliphatic heterocycles. The minimum Gasteiger partial charge on any atom is -0.324 e. The Morgan fingerprint density at radius 2 is 1.85 bits per heavy atom. The molecule has 1 heterocycles. The van der Waals surface area contributed by atoms with Crippen LogP contribution in [-0.2, 0) is 11.2 Å². The van der Waals surface area contributed by atoms with Crippen LogP contribution >= 0.6 is 11.8 Å². The second-order valence-corrected chi connectivity index (χ2v) is 7.39. The highest BCUT2D eigenvalue weighted by atomic mass is 32.2. The molecular weight excluding hydrogens is 344 g/mol. The van der Waals surface area contributed by atoms with Crippen molar-refractivity contribution in [2.75, 3.05) is 24.7 Å². The number of nitrogens with one attached hydrogen (secondary N) is 1. The van der Waals surface area contributed by atoms with Gasteiger partial charge in [-0.3, -0.25) is 4.79 Å². The zero-order chi connectivity index (χ0) is 18.4. The quantitative estimate of drug-likeness (QED) is 0.793. The van der Waals surface area contributed by atoms with Crippen LogP contribution in [0.25, 0.3) is 0 Å². The highest BCUT2D eigenvalue weighted by Gasteiger charge is 2.28. The molecule has 5 heteroatoms. The normalized spacial score (nSPS) is 17.0. The molecule has 4 nitrogen and oxygen atoms in total. The Morgan fingerprint density at radius 1 is 1.12 bits per heavy atom. The first-order chi connectivity index (χ1) is 12.7. The SMILES string of the molecule is CSc1ccccc1NC(=O)N1CCC[C@H](C(=O)Cc2ccccc2)C1. The molecule has 0 radical (unpaired) electrons.